The standard InChI is InChI=1S/C8H12N2O/c11-10-5-1-2-8-3-6-9-7-4-8/h3-4,6-7,10-11H,1-2,5H2. The molecule has 11 heavy (non-hydrogen) atoms. The van der Waals surface area contributed by atoms with E-state index in [4.69, 9.17) is 5.21 Å². The maximum absolute atomic E-state index is 8.28. The van der Waals surface area contributed by atoms with Gasteiger partial charge in [0.15, 0.2) is 0 Å². The van der Waals surface area contributed by atoms with Gasteiger partial charge in [-0.3, -0.25) is 4.98 Å². The zero-order valence-corrected chi connectivity index (χ0v) is 6.33. The summed E-state index contributed by atoms with van der Waals surface area (Å²) in [6.45, 7) is 0.641. The molecule has 0 aliphatic heterocycles. The van der Waals surface area contributed by atoms with E-state index < -0.39 is 0 Å². The van der Waals surface area contributed by atoms with Gasteiger partial charge in [-0.2, -0.15) is 0 Å². The largest absolute Gasteiger partial charge is 0.317 e. The van der Waals surface area contributed by atoms with Crippen molar-refractivity contribution in [2.45, 2.75) is 12.8 Å². The molecule has 1 aromatic heterocycles. The van der Waals surface area contributed by atoms with E-state index in [1.54, 1.807) is 12.4 Å². The van der Waals surface area contributed by atoms with Gasteiger partial charge in [0.25, 0.3) is 0 Å². The third-order valence-electron chi connectivity index (χ3n) is 1.50. The van der Waals surface area contributed by atoms with E-state index in [0.29, 0.717) is 6.54 Å². The third-order valence-corrected chi connectivity index (χ3v) is 1.50. The van der Waals surface area contributed by atoms with Crippen LogP contribution in [0.2, 0.25) is 0 Å². The van der Waals surface area contributed by atoms with Gasteiger partial charge in [-0.05, 0) is 30.5 Å². The lowest BCUT2D eigenvalue weighted by atomic mass is 10.1. The lowest BCUT2D eigenvalue weighted by molar-refractivity contribution is 0.166. The number of rotatable bonds is 4. The second kappa shape index (κ2) is 4.82. The van der Waals surface area contributed by atoms with Gasteiger partial charge in [-0.1, -0.05) is 0 Å². The molecular weight excluding hydrogens is 140 g/mol. The number of nitrogens with one attached hydrogen (secondary N) is 1. The molecule has 0 aliphatic carbocycles. The number of hydroxylamine groups is 1. The van der Waals surface area contributed by atoms with E-state index in [1.165, 1.54) is 5.56 Å². The van der Waals surface area contributed by atoms with Crippen LogP contribution in [0.25, 0.3) is 0 Å². The van der Waals surface area contributed by atoms with Gasteiger partial charge < -0.3 is 5.21 Å². The van der Waals surface area contributed by atoms with E-state index in [2.05, 4.69) is 10.5 Å². The summed E-state index contributed by atoms with van der Waals surface area (Å²) in [5.41, 5.74) is 3.38. The molecule has 0 radical (unpaired) electrons. The molecule has 1 rings (SSSR count). The van der Waals surface area contributed by atoms with Crippen LogP contribution in [0.5, 0.6) is 0 Å². The summed E-state index contributed by atoms with van der Waals surface area (Å²) in [5, 5.41) is 8.28. The Labute approximate surface area is 66.0 Å². The Morgan fingerprint density at radius 1 is 1.36 bits per heavy atom. The highest BCUT2D eigenvalue weighted by Gasteiger charge is 1.89. The highest BCUT2D eigenvalue weighted by molar-refractivity contribution is 5.09. The Kier molecular flexibility index (Phi) is 3.58. The molecular formula is C8H12N2O. The van der Waals surface area contributed by atoms with Crippen molar-refractivity contribution in [3.05, 3.63) is 30.1 Å². The van der Waals surface area contributed by atoms with Crippen molar-refractivity contribution in [3.63, 3.8) is 0 Å². The molecule has 0 atom stereocenters. The van der Waals surface area contributed by atoms with Gasteiger partial charge in [0.05, 0.1) is 0 Å². The highest BCUT2D eigenvalue weighted by Crippen LogP contribution is 1.99. The van der Waals surface area contributed by atoms with Crippen LogP contribution in [-0.2, 0) is 6.42 Å². The van der Waals surface area contributed by atoms with Gasteiger partial charge in [-0.25, -0.2) is 5.48 Å². The third kappa shape index (κ3) is 3.11. The first-order valence-corrected chi connectivity index (χ1v) is 3.69. The SMILES string of the molecule is ONCCCc1ccncc1. The van der Waals surface area contributed by atoms with E-state index in [9.17, 15) is 0 Å². The van der Waals surface area contributed by atoms with Crippen molar-refractivity contribution < 1.29 is 5.21 Å². The van der Waals surface area contributed by atoms with Crippen molar-refractivity contribution >= 4 is 0 Å². The molecule has 3 heteroatoms. The van der Waals surface area contributed by atoms with E-state index in [-0.39, 0.29) is 0 Å². The summed E-state index contributed by atoms with van der Waals surface area (Å²) in [7, 11) is 0. The van der Waals surface area contributed by atoms with E-state index >= 15 is 0 Å². The van der Waals surface area contributed by atoms with Crippen LogP contribution in [0, 0.1) is 0 Å². The summed E-state index contributed by atoms with van der Waals surface area (Å²) in [5.74, 6) is 0. The first-order valence-electron chi connectivity index (χ1n) is 3.69. The lowest BCUT2D eigenvalue weighted by Crippen LogP contribution is -2.09. The van der Waals surface area contributed by atoms with Crippen LogP contribution in [0.1, 0.15) is 12.0 Å². The van der Waals surface area contributed by atoms with Crippen LogP contribution in [0.15, 0.2) is 24.5 Å². The number of hydrogen-bond donors (Lipinski definition) is 2. The fourth-order valence-corrected chi connectivity index (χ4v) is 0.921. The maximum Gasteiger partial charge on any atom is 0.0270 e. The number of hydrogen-bond acceptors (Lipinski definition) is 3. The molecule has 2 N–H and O–H groups in total. The number of aryl methyl sites for hydroxylation is 1. The van der Waals surface area contributed by atoms with Gasteiger partial charge in [-0.15, -0.1) is 0 Å². The molecule has 0 aromatic carbocycles. The Hall–Kier alpha value is -0.930. The Morgan fingerprint density at radius 3 is 2.73 bits per heavy atom. The van der Waals surface area contributed by atoms with Gasteiger partial charge in [0.1, 0.15) is 0 Å². The van der Waals surface area contributed by atoms with Crippen LogP contribution < -0.4 is 5.48 Å². The molecule has 1 aromatic rings. The van der Waals surface area contributed by atoms with Crippen LogP contribution in [0.4, 0.5) is 0 Å². The first kappa shape index (κ1) is 8.17. The summed E-state index contributed by atoms with van der Waals surface area (Å²) < 4.78 is 0. The van der Waals surface area contributed by atoms with Crippen LogP contribution in [-0.4, -0.2) is 16.7 Å². The summed E-state index contributed by atoms with van der Waals surface area (Å²) in [6, 6.07) is 3.97. The summed E-state index contributed by atoms with van der Waals surface area (Å²) in [4.78, 5) is 3.91. The minimum absolute atomic E-state index is 0.641. The van der Waals surface area contributed by atoms with Gasteiger partial charge in [0.2, 0.25) is 0 Å². The molecule has 0 fully saturated rings. The van der Waals surface area contributed by atoms with Gasteiger partial charge >= 0.3 is 0 Å². The van der Waals surface area contributed by atoms with Crippen LogP contribution in [0.3, 0.4) is 0 Å². The minimum Gasteiger partial charge on any atom is -0.317 e. The average Bonchev–Trinajstić information content (AvgIpc) is 2.07. The Morgan fingerprint density at radius 2 is 2.09 bits per heavy atom. The predicted octanol–water partition coefficient (Wildman–Crippen LogP) is 0.993. The zero-order chi connectivity index (χ0) is 7.94. The zero-order valence-electron chi connectivity index (χ0n) is 6.33. The van der Waals surface area contributed by atoms with E-state index in [0.717, 1.165) is 12.8 Å². The molecule has 0 saturated heterocycles. The molecule has 0 aliphatic rings. The van der Waals surface area contributed by atoms with Crippen molar-refractivity contribution in [2.24, 2.45) is 0 Å². The fourth-order valence-electron chi connectivity index (χ4n) is 0.921. The number of pyridine rings is 1. The quantitative estimate of drug-likeness (QED) is 0.499. The fraction of sp³-hybridized carbons (Fsp3) is 0.375. The molecule has 3 nitrogen and oxygen atoms in total. The molecule has 0 amide bonds. The lowest BCUT2D eigenvalue weighted by Gasteiger charge is -1.98. The predicted molar refractivity (Wildman–Crippen MR) is 42.3 cm³/mol. The highest BCUT2D eigenvalue weighted by atomic mass is 16.5. The van der Waals surface area contributed by atoms with Crippen molar-refractivity contribution in [1.29, 1.82) is 0 Å². The number of nitrogens with zero attached hydrogens (tertiary/aromatic N) is 1. The molecule has 0 bridgehead atoms. The average molecular weight is 152 g/mol. The van der Waals surface area contributed by atoms with Gasteiger partial charge in [0, 0.05) is 18.9 Å². The molecule has 1 heterocycles. The topological polar surface area (TPSA) is 45.1 Å². The Bertz CT molecular complexity index is 189. The summed E-state index contributed by atoms with van der Waals surface area (Å²) >= 11 is 0. The van der Waals surface area contributed by atoms with Crippen LogP contribution >= 0.6 is 0 Å². The minimum atomic E-state index is 0.641. The second-order valence-electron chi connectivity index (χ2n) is 2.37. The van der Waals surface area contributed by atoms with Crippen molar-refractivity contribution in [3.8, 4) is 0 Å². The molecule has 0 unspecified atom stereocenters. The second-order valence-corrected chi connectivity index (χ2v) is 2.37. The molecule has 0 spiro atoms. The molecule has 0 saturated carbocycles. The normalized spacial score (nSPS) is 9.91. The first-order chi connectivity index (χ1) is 5.43. The van der Waals surface area contributed by atoms with E-state index in [1.807, 2.05) is 12.1 Å². The number of aromatic nitrogens is 1. The Balaban J connectivity index is 2.28. The monoisotopic (exact) mass is 152 g/mol. The summed E-state index contributed by atoms with van der Waals surface area (Å²) in [6.07, 6.45) is 5.49. The maximum atomic E-state index is 8.28. The van der Waals surface area contributed by atoms with Crippen molar-refractivity contribution in [2.75, 3.05) is 6.54 Å². The molecule has 60 valence electrons. The van der Waals surface area contributed by atoms with Crippen molar-refractivity contribution in [1.82, 2.24) is 10.5 Å². The smallest absolute Gasteiger partial charge is 0.0270 e.